The van der Waals surface area contributed by atoms with Gasteiger partial charge in [0.15, 0.2) is 0 Å². The van der Waals surface area contributed by atoms with E-state index in [9.17, 15) is 18.0 Å². The Hall–Kier alpha value is -0.540. The minimum atomic E-state index is -4.09. The summed E-state index contributed by atoms with van der Waals surface area (Å²) in [4.78, 5) is 12.4. The van der Waals surface area contributed by atoms with Crippen LogP contribution < -0.4 is 0 Å². The number of hydrogen-bond donors (Lipinski definition) is 0. The summed E-state index contributed by atoms with van der Waals surface area (Å²) in [6.07, 6.45) is 2.87. The van der Waals surface area contributed by atoms with Gasteiger partial charge in [-0.05, 0) is 80.5 Å². The van der Waals surface area contributed by atoms with Crippen molar-refractivity contribution in [3.05, 3.63) is 0 Å². The normalized spacial score (nSPS) is 53.1. The molecule has 0 aromatic carbocycles. The van der Waals surface area contributed by atoms with Gasteiger partial charge in [-0.15, -0.1) is 0 Å². The van der Waals surface area contributed by atoms with Crippen LogP contribution in [-0.2, 0) is 4.79 Å². The Morgan fingerprint density at radius 2 is 1.64 bits per heavy atom. The van der Waals surface area contributed by atoms with E-state index in [1.165, 1.54) is 6.92 Å². The molecule has 0 radical (unpaired) electrons. The van der Waals surface area contributed by atoms with Crippen LogP contribution in [0.15, 0.2) is 0 Å². The maximum Gasteiger partial charge on any atom is 0.394 e. The molecule has 0 heterocycles. The van der Waals surface area contributed by atoms with Gasteiger partial charge in [0, 0.05) is 11.8 Å². The van der Waals surface area contributed by atoms with Crippen molar-refractivity contribution in [2.75, 3.05) is 0 Å². The van der Waals surface area contributed by atoms with Gasteiger partial charge in [-0.25, -0.2) is 0 Å². The molecule has 1 nitrogen and oxygen atoms in total. The van der Waals surface area contributed by atoms with Crippen molar-refractivity contribution >= 4 is 5.78 Å². The van der Waals surface area contributed by atoms with Gasteiger partial charge in [0.05, 0.1) is 5.41 Å². The van der Waals surface area contributed by atoms with Crippen LogP contribution in [-0.4, -0.2) is 12.0 Å². The standard InChI is InChI=1S/C21H31F3O/c1-18(21(22,23)24)10-11-19(2)13(12-18)4-5-14-15-6-7-17(25)20(15,3)9-8-16(14)19/h13-16H,4-12H2,1-3H3/t13?,14-,15-,16-,18?,19-,20-/m0/s1. The third kappa shape index (κ3) is 2.31. The van der Waals surface area contributed by atoms with Crippen molar-refractivity contribution in [2.45, 2.75) is 84.7 Å². The summed E-state index contributed by atoms with van der Waals surface area (Å²) in [5.41, 5.74) is -1.60. The molecule has 4 aliphatic rings. The van der Waals surface area contributed by atoms with Crippen LogP contribution in [0, 0.1) is 39.9 Å². The number of halogens is 3. The van der Waals surface area contributed by atoms with Crippen LogP contribution in [0.25, 0.3) is 0 Å². The van der Waals surface area contributed by atoms with E-state index in [4.69, 9.17) is 0 Å². The molecule has 2 unspecified atom stereocenters. The van der Waals surface area contributed by atoms with Crippen LogP contribution in [0.5, 0.6) is 0 Å². The minimum Gasteiger partial charge on any atom is -0.299 e. The average Bonchev–Trinajstić information content (AvgIpc) is 2.83. The molecule has 4 heteroatoms. The smallest absolute Gasteiger partial charge is 0.299 e. The Kier molecular flexibility index (Phi) is 3.75. The average molecular weight is 356 g/mol. The molecule has 25 heavy (non-hydrogen) atoms. The van der Waals surface area contributed by atoms with E-state index in [-0.39, 0.29) is 23.2 Å². The summed E-state index contributed by atoms with van der Waals surface area (Å²) < 4.78 is 40.7. The molecular formula is C21H31F3O. The molecule has 0 spiro atoms. The van der Waals surface area contributed by atoms with Gasteiger partial charge in [-0.1, -0.05) is 20.8 Å². The minimum absolute atomic E-state index is 0.0423. The predicted octanol–water partition coefficient (Wildman–Crippen LogP) is 6.17. The lowest BCUT2D eigenvalue weighted by Gasteiger charge is -2.61. The molecule has 7 atom stereocenters. The summed E-state index contributed by atoms with van der Waals surface area (Å²) in [7, 11) is 0. The Morgan fingerprint density at radius 1 is 0.920 bits per heavy atom. The molecule has 4 fully saturated rings. The van der Waals surface area contributed by atoms with E-state index < -0.39 is 11.6 Å². The van der Waals surface area contributed by atoms with Gasteiger partial charge in [0.1, 0.15) is 5.78 Å². The topological polar surface area (TPSA) is 17.1 Å². The maximum atomic E-state index is 13.6. The Balaban J connectivity index is 1.60. The van der Waals surface area contributed by atoms with Crippen molar-refractivity contribution in [2.24, 2.45) is 39.9 Å². The molecule has 4 aliphatic carbocycles. The zero-order valence-corrected chi connectivity index (χ0v) is 15.7. The number of Topliss-reactive ketones (excluding diaryl/α,β-unsaturated/α-hetero) is 1. The van der Waals surface area contributed by atoms with Crippen molar-refractivity contribution in [1.82, 2.24) is 0 Å². The van der Waals surface area contributed by atoms with Crippen LogP contribution in [0.2, 0.25) is 0 Å². The number of alkyl halides is 3. The van der Waals surface area contributed by atoms with Crippen molar-refractivity contribution in [3.63, 3.8) is 0 Å². The van der Waals surface area contributed by atoms with E-state index in [1.807, 2.05) is 0 Å². The molecule has 142 valence electrons. The van der Waals surface area contributed by atoms with Crippen LogP contribution >= 0.6 is 0 Å². The van der Waals surface area contributed by atoms with Gasteiger partial charge in [-0.3, -0.25) is 4.79 Å². The fourth-order valence-electron chi connectivity index (χ4n) is 7.48. The zero-order chi connectivity index (χ0) is 18.3. The van der Waals surface area contributed by atoms with Gasteiger partial charge in [0.2, 0.25) is 0 Å². The quantitative estimate of drug-likeness (QED) is 0.507. The number of carbonyl (C=O) groups is 1. The predicted molar refractivity (Wildman–Crippen MR) is 90.9 cm³/mol. The first-order valence-corrected chi connectivity index (χ1v) is 10.1. The van der Waals surface area contributed by atoms with Crippen molar-refractivity contribution < 1.29 is 18.0 Å². The summed E-state index contributed by atoms with van der Waals surface area (Å²) in [5.74, 6) is 2.19. The third-order valence-corrected chi connectivity index (χ3v) is 9.37. The monoisotopic (exact) mass is 356 g/mol. The highest BCUT2D eigenvalue weighted by Gasteiger charge is 2.63. The summed E-state index contributed by atoms with van der Waals surface area (Å²) in [5, 5.41) is 0. The molecule has 0 saturated heterocycles. The van der Waals surface area contributed by atoms with E-state index in [2.05, 4.69) is 13.8 Å². The van der Waals surface area contributed by atoms with Crippen LogP contribution in [0.4, 0.5) is 13.2 Å². The molecule has 4 rings (SSSR count). The Morgan fingerprint density at radius 3 is 2.32 bits per heavy atom. The van der Waals surface area contributed by atoms with E-state index in [1.54, 1.807) is 0 Å². The van der Waals surface area contributed by atoms with E-state index >= 15 is 0 Å². The second-order valence-corrected chi connectivity index (χ2v) is 10.3. The molecule has 0 aliphatic heterocycles. The fraction of sp³-hybridized carbons (Fsp3) is 0.952. The highest BCUT2D eigenvalue weighted by Crippen LogP contribution is 2.68. The molecule has 0 amide bonds. The summed E-state index contributed by atoms with van der Waals surface area (Å²) in [6, 6.07) is 0. The number of fused-ring (bicyclic) bond motifs is 5. The maximum absolute atomic E-state index is 13.6. The summed E-state index contributed by atoms with van der Waals surface area (Å²) in [6.45, 7) is 5.88. The lowest BCUT2D eigenvalue weighted by molar-refractivity contribution is -0.251. The second-order valence-electron chi connectivity index (χ2n) is 10.3. The lowest BCUT2D eigenvalue weighted by atomic mass is 9.43. The van der Waals surface area contributed by atoms with Gasteiger partial charge >= 0.3 is 6.18 Å². The fourth-order valence-corrected chi connectivity index (χ4v) is 7.48. The first-order chi connectivity index (χ1) is 11.5. The van der Waals surface area contributed by atoms with Gasteiger partial charge < -0.3 is 0 Å². The molecular weight excluding hydrogens is 325 g/mol. The molecule has 0 bridgehead atoms. The Bertz CT molecular complexity index is 584. The highest BCUT2D eigenvalue weighted by atomic mass is 19.4. The van der Waals surface area contributed by atoms with Crippen LogP contribution in [0.1, 0.15) is 78.6 Å². The number of hydrogen-bond acceptors (Lipinski definition) is 1. The summed E-state index contributed by atoms with van der Waals surface area (Å²) >= 11 is 0. The number of rotatable bonds is 0. The van der Waals surface area contributed by atoms with Gasteiger partial charge in [-0.2, -0.15) is 13.2 Å². The largest absolute Gasteiger partial charge is 0.394 e. The van der Waals surface area contributed by atoms with Gasteiger partial charge in [0.25, 0.3) is 0 Å². The number of ketones is 1. The molecule has 0 N–H and O–H groups in total. The first-order valence-electron chi connectivity index (χ1n) is 10.1. The lowest BCUT2D eigenvalue weighted by Crippen LogP contribution is -2.56. The van der Waals surface area contributed by atoms with Crippen molar-refractivity contribution in [3.8, 4) is 0 Å². The molecule has 4 saturated carbocycles. The first kappa shape index (κ1) is 17.9. The SMILES string of the molecule is CC1(C(F)(F)F)CC[C@@]2(C)C(CC[C@@H]3[C@@H]2CC[C@]2(C)C(=O)CC[C@@H]32)C1. The van der Waals surface area contributed by atoms with Crippen molar-refractivity contribution in [1.29, 1.82) is 0 Å². The number of carbonyl (C=O) groups excluding carboxylic acids is 1. The Labute approximate surface area is 149 Å². The second kappa shape index (κ2) is 5.25. The van der Waals surface area contributed by atoms with Crippen LogP contribution in [0.3, 0.4) is 0 Å². The van der Waals surface area contributed by atoms with E-state index in [0.29, 0.717) is 36.4 Å². The molecule has 0 aromatic rings. The third-order valence-electron chi connectivity index (χ3n) is 9.37. The zero-order valence-electron chi connectivity index (χ0n) is 15.7. The molecule has 0 aromatic heterocycles. The van der Waals surface area contributed by atoms with E-state index in [0.717, 1.165) is 38.5 Å². The highest BCUT2D eigenvalue weighted by molar-refractivity contribution is 5.87.